The fraction of sp³-hybridized carbons (Fsp3) is 0.267. The van der Waals surface area contributed by atoms with Crippen LogP contribution in [-0.2, 0) is 6.54 Å². The molecule has 0 radical (unpaired) electrons. The molecule has 0 saturated carbocycles. The van der Waals surface area contributed by atoms with Crippen LogP contribution in [0.15, 0.2) is 34.9 Å². The minimum atomic E-state index is -0.443. The Morgan fingerprint density at radius 3 is 2.90 bits per heavy atom. The Balaban J connectivity index is 2.20. The van der Waals surface area contributed by atoms with Gasteiger partial charge in [0.05, 0.1) is 36.3 Å². The van der Waals surface area contributed by atoms with E-state index in [-0.39, 0.29) is 11.1 Å². The predicted molar refractivity (Wildman–Crippen MR) is 78.3 cm³/mol. The normalized spacial score (nSPS) is 12.8. The molecule has 1 unspecified atom stereocenters. The van der Waals surface area contributed by atoms with Crippen molar-refractivity contribution >= 4 is 22.6 Å². The molecule has 6 heteroatoms. The van der Waals surface area contributed by atoms with Crippen LogP contribution in [0.5, 0.6) is 5.75 Å². The zero-order valence-corrected chi connectivity index (χ0v) is 12.4. The van der Waals surface area contributed by atoms with Crippen LogP contribution in [-0.4, -0.2) is 16.7 Å². The van der Waals surface area contributed by atoms with E-state index in [4.69, 9.17) is 20.8 Å². The van der Waals surface area contributed by atoms with E-state index in [1.165, 1.54) is 13.2 Å². The lowest BCUT2D eigenvalue weighted by atomic mass is 10.2. The van der Waals surface area contributed by atoms with Gasteiger partial charge in [0.1, 0.15) is 11.6 Å². The molecule has 0 aliphatic heterocycles. The molecule has 2 heterocycles. The van der Waals surface area contributed by atoms with E-state index >= 15 is 0 Å². The second-order valence-corrected chi connectivity index (χ2v) is 5.38. The average Bonchev–Trinajstić information content (AvgIpc) is 3.06. The first-order chi connectivity index (χ1) is 10.1. The number of benzene rings is 1. The Labute approximate surface area is 126 Å². The van der Waals surface area contributed by atoms with Gasteiger partial charge < -0.3 is 13.7 Å². The molecule has 0 aliphatic carbocycles. The number of fused-ring (bicyclic) bond motifs is 1. The van der Waals surface area contributed by atoms with Gasteiger partial charge in [-0.15, -0.1) is 11.6 Å². The zero-order chi connectivity index (χ0) is 15.0. The molecule has 110 valence electrons. The second-order valence-electron chi connectivity index (χ2n) is 4.73. The van der Waals surface area contributed by atoms with E-state index in [0.29, 0.717) is 17.9 Å². The summed E-state index contributed by atoms with van der Waals surface area (Å²) in [6.07, 6.45) is 1.61. The van der Waals surface area contributed by atoms with Gasteiger partial charge in [-0.25, -0.2) is 9.37 Å². The molecule has 1 atom stereocenters. The van der Waals surface area contributed by atoms with Crippen LogP contribution in [0, 0.1) is 5.82 Å². The Bertz CT molecular complexity index is 766. The maximum Gasteiger partial charge on any atom is 0.167 e. The third kappa shape index (κ3) is 2.49. The van der Waals surface area contributed by atoms with Crippen LogP contribution in [0.1, 0.15) is 23.9 Å². The van der Waals surface area contributed by atoms with Crippen molar-refractivity contribution in [1.82, 2.24) is 9.55 Å². The minimum absolute atomic E-state index is 0.178. The Kier molecular flexibility index (Phi) is 3.59. The summed E-state index contributed by atoms with van der Waals surface area (Å²) in [4.78, 5) is 4.42. The monoisotopic (exact) mass is 308 g/mol. The van der Waals surface area contributed by atoms with E-state index in [2.05, 4.69) is 4.98 Å². The van der Waals surface area contributed by atoms with Crippen molar-refractivity contribution < 1.29 is 13.5 Å². The lowest BCUT2D eigenvalue weighted by Gasteiger charge is -2.09. The van der Waals surface area contributed by atoms with E-state index < -0.39 is 5.82 Å². The summed E-state index contributed by atoms with van der Waals surface area (Å²) in [5.74, 6) is 1.17. The molecule has 0 N–H and O–H groups in total. The van der Waals surface area contributed by atoms with E-state index in [1.54, 1.807) is 12.3 Å². The molecule has 0 bridgehead atoms. The van der Waals surface area contributed by atoms with Crippen molar-refractivity contribution in [2.45, 2.75) is 18.8 Å². The maximum absolute atomic E-state index is 13.8. The van der Waals surface area contributed by atoms with Crippen LogP contribution >= 0.6 is 11.6 Å². The Morgan fingerprint density at radius 1 is 1.48 bits per heavy atom. The third-order valence-electron chi connectivity index (χ3n) is 3.30. The van der Waals surface area contributed by atoms with Crippen molar-refractivity contribution in [3.8, 4) is 5.75 Å². The maximum atomic E-state index is 13.8. The number of rotatable bonds is 4. The molecule has 0 aliphatic rings. The summed E-state index contributed by atoms with van der Waals surface area (Å²) < 4.78 is 26.1. The number of alkyl halides is 1. The SMILES string of the molecule is COc1cc2c(cc1F)nc(C(C)Cl)n2Cc1ccco1. The molecule has 1 aromatic carbocycles. The number of ether oxygens (including phenoxy) is 1. The largest absolute Gasteiger partial charge is 0.494 e. The van der Waals surface area contributed by atoms with Crippen LogP contribution in [0.2, 0.25) is 0 Å². The van der Waals surface area contributed by atoms with Crippen LogP contribution in [0.3, 0.4) is 0 Å². The molecule has 0 amide bonds. The van der Waals surface area contributed by atoms with Crippen molar-refractivity contribution in [2.75, 3.05) is 7.11 Å². The van der Waals surface area contributed by atoms with Crippen molar-refractivity contribution in [3.05, 3.63) is 47.9 Å². The first-order valence-electron chi connectivity index (χ1n) is 6.50. The second kappa shape index (κ2) is 5.41. The molecule has 3 rings (SSSR count). The molecular formula is C15H14ClFN2O2. The number of aromatic nitrogens is 2. The number of hydrogen-bond acceptors (Lipinski definition) is 3. The van der Waals surface area contributed by atoms with Gasteiger partial charge in [-0.1, -0.05) is 0 Å². The van der Waals surface area contributed by atoms with Gasteiger partial charge in [0.15, 0.2) is 11.6 Å². The summed E-state index contributed by atoms with van der Waals surface area (Å²) in [6.45, 7) is 2.31. The highest BCUT2D eigenvalue weighted by Gasteiger charge is 2.18. The Morgan fingerprint density at radius 2 is 2.29 bits per heavy atom. The lowest BCUT2D eigenvalue weighted by Crippen LogP contribution is -2.05. The summed E-state index contributed by atoms with van der Waals surface area (Å²) in [6, 6.07) is 6.67. The summed E-state index contributed by atoms with van der Waals surface area (Å²) in [5, 5.41) is -0.304. The first kappa shape index (κ1) is 13.9. The van der Waals surface area contributed by atoms with E-state index in [9.17, 15) is 4.39 Å². The van der Waals surface area contributed by atoms with Gasteiger partial charge in [-0.3, -0.25) is 0 Å². The summed E-state index contributed by atoms with van der Waals surface area (Å²) in [5.41, 5.74) is 1.30. The van der Waals surface area contributed by atoms with Crippen molar-refractivity contribution in [2.24, 2.45) is 0 Å². The summed E-state index contributed by atoms with van der Waals surface area (Å²) >= 11 is 6.19. The quantitative estimate of drug-likeness (QED) is 0.681. The number of nitrogens with zero attached hydrogens (tertiary/aromatic N) is 2. The molecule has 0 fully saturated rings. The average molecular weight is 309 g/mol. The van der Waals surface area contributed by atoms with Gasteiger partial charge in [-0.05, 0) is 19.1 Å². The van der Waals surface area contributed by atoms with Gasteiger partial charge in [0.2, 0.25) is 0 Å². The fourth-order valence-corrected chi connectivity index (χ4v) is 2.50. The van der Waals surface area contributed by atoms with Gasteiger partial charge in [0.25, 0.3) is 0 Å². The first-order valence-corrected chi connectivity index (χ1v) is 6.94. The molecule has 0 spiro atoms. The zero-order valence-electron chi connectivity index (χ0n) is 11.6. The number of imidazole rings is 1. The predicted octanol–water partition coefficient (Wildman–Crippen LogP) is 4.13. The molecule has 4 nitrogen and oxygen atoms in total. The van der Waals surface area contributed by atoms with Gasteiger partial charge in [-0.2, -0.15) is 0 Å². The van der Waals surface area contributed by atoms with Crippen LogP contribution in [0.25, 0.3) is 11.0 Å². The fourth-order valence-electron chi connectivity index (χ4n) is 2.33. The highest BCUT2D eigenvalue weighted by molar-refractivity contribution is 6.20. The highest BCUT2D eigenvalue weighted by atomic mass is 35.5. The van der Waals surface area contributed by atoms with Crippen molar-refractivity contribution in [3.63, 3.8) is 0 Å². The summed E-state index contributed by atoms with van der Waals surface area (Å²) in [7, 11) is 1.43. The topological polar surface area (TPSA) is 40.2 Å². The standard InChI is InChI=1S/C15H14ClFN2O2/c1-9(16)15-18-12-6-11(17)14(20-2)7-13(12)19(15)8-10-4-3-5-21-10/h3-7,9H,8H2,1-2H3. The lowest BCUT2D eigenvalue weighted by molar-refractivity contribution is 0.387. The molecule has 0 saturated heterocycles. The smallest absolute Gasteiger partial charge is 0.167 e. The highest BCUT2D eigenvalue weighted by Crippen LogP contribution is 2.30. The Hall–Kier alpha value is -2.01. The molecule has 3 aromatic rings. The van der Waals surface area contributed by atoms with Crippen molar-refractivity contribution in [1.29, 1.82) is 0 Å². The molecular weight excluding hydrogens is 295 g/mol. The van der Waals surface area contributed by atoms with E-state index in [1.807, 2.05) is 23.6 Å². The van der Waals surface area contributed by atoms with Gasteiger partial charge in [0, 0.05) is 12.1 Å². The van der Waals surface area contributed by atoms with Gasteiger partial charge >= 0.3 is 0 Å². The molecule has 21 heavy (non-hydrogen) atoms. The van der Waals surface area contributed by atoms with Crippen LogP contribution in [0.4, 0.5) is 4.39 Å². The third-order valence-corrected chi connectivity index (χ3v) is 3.50. The number of hydrogen-bond donors (Lipinski definition) is 0. The molecule has 2 aromatic heterocycles. The number of methoxy groups -OCH3 is 1. The van der Waals surface area contributed by atoms with E-state index in [0.717, 1.165) is 11.3 Å². The van der Waals surface area contributed by atoms with Crippen LogP contribution < -0.4 is 4.74 Å². The minimum Gasteiger partial charge on any atom is -0.494 e. The number of halogens is 2. The number of furan rings is 1.